The van der Waals surface area contributed by atoms with Crippen LogP contribution in [0.3, 0.4) is 0 Å². The Morgan fingerprint density at radius 2 is 0.458 bits per heavy atom. The number of benzene rings is 11. The van der Waals surface area contributed by atoms with Crippen molar-refractivity contribution >= 4 is 119 Å². The van der Waals surface area contributed by atoms with E-state index < -0.39 is 83.7 Å². The molecule has 0 fully saturated rings. The van der Waals surface area contributed by atoms with Crippen LogP contribution in [-0.2, 0) is 91.8 Å². The van der Waals surface area contributed by atoms with E-state index in [1.165, 1.54) is 72.8 Å². The van der Waals surface area contributed by atoms with Crippen molar-refractivity contribution in [3.05, 3.63) is 323 Å². The maximum Gasteiger partial charge on any atom is 0.294 e. The van der Waals surface area contributed by atoms with Crippen molar-refractivity contribution in [2.75, 3.05) is 9.80 Å². The minimum absolute atomic E-state index is 0.0832. The summed E-state index contributed by atoms with van der Waals surface area (Å²) in [6.45, 7) is 0. The summed E-state index contributed by atoms with van der Waals surface area (Å²) in [6, 6.07) is 49.2. The van der Waals surface area contributed by atoms with Gasteiger partial charge >= 0.3 is 0 Å². The minimum atomic E-state index is -4.86. The highest BCUT2D eigenvalue weighted by Gasteiger charge is 2.44. The number of aromatic nitrogens is 4. The second-order valence-electron chi connectivity index (χ2n) is 28.0. The lowest BCUT2D eigenvalue weighted by Gasteiger charge is -2.34. The van der Waals surface area contributed by atoms with E-state index in [4.69, 9.17) is 18.9 Å². The number of hydrogen-bond donors (Lipinski definition) is 4. The van der Waals surface area contributed by atoms with E-state index in [1.807, 2.05) is 84.9 Å². The first kappa shape index (κ1) is 77.0. The molecule has 0 saturated carbocycles. The molecule has 2 aliphatic heterocycles. The number of fused-ring (bicyclic) bond motifs is 2. The monoisotopic (exact) mass is 1650 g/mol. The molecule has 0 atom stereocenters. The maximum absolute atomic E-state index is 16.9. The second kappa shape index (κ2) is 30.6. The van der Waals surface area contributed by atoms with Crippen molar-refractivity contribution in [2.45, 2.75) is 70.9 Å². The lowest BCUT2D eigenvalue weighted by molar-refractivity contribution is 0.0877. The number of anilines is 2. The lowest BCUT2D eigenvalue weighted by Crippen LogP contribution is -2.42. The number of ether oxygens (including phenoxy) is 4. The van der Waals surface area contributed by atoms with Crippen molar-refractivity contribution in [3.63, 3.8) is 0 Å². The highest BCUT2D eigenvalue weighted by atomic mass is 32.2. The van der Waals surface area contributed by atoms with Crippen LogP contribution in [0.15, 0.2) is 275 Å². The van der Waals surface area contributed by atoms with E-state index in [1.54, 1.807) is 49.6 Å². The summed E-state index contributed by atoms with van der Waals surface area (Å²) in [5, 5.41) is -0.734. The zero-order chi connectivity index (χ0) is 82.1. The molecule has 17 rings (SSSR count). The van der Waals surface area contributed by atoms with Crippen LogP contribution in [0, 0.1) is 0 Å². The average molecular weight is 1650 g/mol. The first-order valence-corrected chi connectivity index (χ1v) is 42.4. The van der Waals surface area contributed by atoms with Crippen LogP contribution in [0.5, 0.6) is 46.0 Å². The van der Waals surface area contributed by atoms with Crippen molar-refractivity contribution in [1.82, 2.24) is 19.9 Å². The fourth-order valence-corrected chi connectivity index (χ4v) is 17.4. The van der Waals surface area contributed by atoms with Crippen LogP contribution >= 0.6 is 0 Å². The molecular weight excluding hydrogens is 1590 g/mol. The molecule has 4 aromatic heterocycles. The number of para-hydroxylation sites is 2. The summed E-state index contributed by atoms with van der Waals surface area (Å²) >= 11 is 0. The predicted octanol–water partition coefficient (Wildman–Crippen LogP) is 16.2. The first-order chi connectivity index (χ1) is 56.7. The Balaban J connectivity index is 1.01. The topological polar surface area (TPSA) is 381 Å². The van der Waals surface area contributed by atoms with Gasteiger partial charge < -0.3 is 18.9 Å². The van der Waals surface area contributed by atoms with E-state index in [0.29, 0.717) is 47.9 Å². The molecule has 4 amide bonds. The molecule has 30 heteroatoms. The summed E-state index contributed by atoms with van der Waals surface area (Å²) in [6.07, 6.45) is 15.8. The number of aryl methyl sites for hydroxylation is 8. The van der Waals surface area contributed by atoms with Crippen molar-refractivity contribution in [1.29, 1.82) is 0 Å². The number of imide groups is 2. The van der Waals surface area contributed by atoms with Crippen LogP contribution in [0.25, 0.3) is 43.1 Å². The summed E-state index contributed by atoms with van der Waals surface area (Å²) in [7, 11) is -19.4. The molecule has 0 aliphatic carbocycles. The van der Waals surface area contributed by atoms with E-state index in [0.717, 1.165) is 80.6 Å². The Morgan fingerprint density at radius 3 is 0.653 bits per heavy atom. The van der Waals surface area contributed by atoms with Crippen LogP contribution < -0.4 is 28.7 Å². The van der Waals surface area contributed by atoms with Gasteiger partial charge in [-0.3, -0.25) is 57.3 Å². The number of amides is 4. The summed E-state index contributed by atoms with van der Waals surface area (Å²) in [4.78, 5) is 84.4. The zero-order valence-corrected chi connectivity index (χ0v) is 64.8. The van der Waals surface area contributed by atoms with Gasteiger partial charge in [0.15, 0.2) is 0 Å². The standard InChI is InChI=1S/C88H62N6O20S4/c95-85-67-47-71(111-59-15-23-63(24-16-59)115(99,100)101)77-79-73(113-61-19-27-65(28-20-61)117(105,106)107)49-69-76-70(88(98)94(87(69)97)84-57(13-9-53-35-43-91-44-36-53)5-2-6-58(84)14-10-54-37-45-92-46-38-54)50-74(114-62-21-29-66(30-22-62)118(108,109)110)80(82(76)79)78-72(112-60-17-25-64(26-18-60)116(102,103)104)48-68(75(67)81(77)78)86(96)93(85)83-55(11-7-51-31-39-89-40-32-51)3-1-4-56(83)12-8-52-33-41-90-42-34-52/h1-6,15-50H,7-14H2,(H,99,100,101)(H,102,103,104)(H,105,106,107)(H,108,109,110). The third-order valence-corrected chi connectivity index (χ3v) is 24.4. The average Bonchev–Trinajstić information content (AvgIpc) is 0.669. The lowest BCUT2D eigenvalue weighted by atomic mass is 9.80. The van der Waals surface area contributed by atoms with Crippen LogP contribution in [0.1, 0.15) is 85.9 Å². The third-order valence-electron chi connectivity index (χ3n) is 20.9. The summed E-state index contributed by atoms with van der Waals surface area (Å²) in [5.41, 5.74) is 5.38. The molecular formula is C88H62N6O20S4. The molecule has 26 nitrogen and oxygen atoms in total. The summed E-state index contributed by atoms with van der Waals surface area (Å²) in [5.74, 6) is -5.32. The third kappa shape index (κ3) is 14.8. The van der Waals surface area contributed by atoms with Gasteiger partial charge in [0, 0.05) is 92.7 Å². The van der Waals surface area contributed by atoms with Gasteiger partial charge in [-0.25, -0.2) is 9.80 Å². The SMILES string of the molecule is O=C1c2cc(Oc3ccc(S(=O)(=O)O)cc3)c3c4c(Oc5ccc(S(=O)(=O)O)cc5)cc5c6c(cc(Oc7ccc(S(=O)(=O)O)cc7)c(c7c(Oc8ccc(S(=O)(=O)O)cc8)cc(c2c37)C(=O)N1c1c(CCc2ccncc2)cccc1CCc1ccncc1)c64)C(=O)N(c1c(CCc2ccncc2)cccc1CCc1ccncc1)C5=O. The fraction of sp³-hybridized carbons (Fsp3) is 0.0909. The van der Waals surface area contributed by atoms with Crippen LogP contribution in [0.4, 0.5) is 11.4 Å². The van der Waals surface area contributed by atoms with Gasteiger partial charge in [-0.05, 0) is 266 Å². The molecule has 6 heterocycles. The van der Waals surface area contributed by atoms with Gasteiger partial charge in [0.1, 0.15) is 46.0 Å². The van der Waals surface area contributed by atoms with Crippen molar-refractivity contribution in [2.24, 2.45) is 0 Å². The van der Waals surface area contributed by atoms with E-state index in [-0.39, 0.29) is 148 Å². The van der Waals surface area contributed by atoms with Crippen LogP contribution in [0.2, 0.25) is 0 Å². The summed E-state index contributed by atoms with van der Waals surface area (Å²) < 4.78 is 172. The molecule has 2 aliphatic rings. The predicted molar refractivity (Wildman–Crippen MR) is 435 cm³/mol. The molecule has 0 spiro atoms. The Morgan fingerprint density at radius 1 is 0.254 bits per heavy atom. The number of rotatable bonds is 26. The van der Waals surface area contributed by atoms with E-state index >= 15 is 19.2 Å². The highest BCUT2D eigenvalue weighted by molar-refractivity contribution is 7.86. The molecule has 118 heavy (non-hydrogen) atoms. The van der Waals surface area contributed by atoms with Gasteiger partial charge in [0.2, 0.25) is 0 Å². The first-order valence-electron chi connectivity index (χ1n) is 36.6. The Labute approximate surface area is 673 Å². The van der Waals surface area contributed by atoms with Gasteiger partial charge in [-0.1, -0.05) is 36.4 Å². The van der Waals surface area contributed by atoms with Gasteiger partial charge in [-0.2, -0.15) is 33.7 Å². The van der Waals surface area contributed by atoms with E-state index in [2.05, 4.69) is 19.9 Å². The normalized spacial score (nSPS) is 13.2. The number of carbonyl (C=O) groups excluding carboxylic acids is 4. The molecule has 0 bridgehead atoms. The van der Waals surface area contributed by atoms with Gasteiger partial charge in [0.25, 0.3) is 64.1 Å². The molecule has 0 radical (unpaired) electrons. The minimum Gasteiger partial charge on any atom is -0.457 e. The number of pyridine rings is 4. The zero-order valence-electron chi connectivity index (χ0n) is 61.5. The van der Waals surface area contributed by atoms with Gasteiger partial charge in [0.05, 0.1) is 53.2 Å². The number of nitrogens with zero attached hydrogens (tertiary/aromatic N) is 6. The van der Waals surface area contributed by atoms with Crippen molar-refractivity contribution < 1.29 is 90.0 Å². The smallest absolute Gasteiger partial charge is 0.294 e. The molecule has 0 unspecified atom stereocenters. The molecule has 588 valence electrons. The van der Waals surface area contributed by atoms with Gasteiger partial charge in [-0.15, -0.1) is 0 Å². The molecule has 11 aromatic carbocycles. The second-order valence-corrected chi connectivity index (χ2v) is 33.7. The maximum atomic E-state index is 16.9. The highest BCUT2D eigenvalue weighted by Crippen LogP contribution is 2.59. The van der Waals surface area contributed by atoms with Crippen molar-refractivity contribution in [3.8, 4) is 46.0 Å². The Hall–Kier alpha value is -13.6. The number of carbonyl (C=O) groups is 4. The quantitative estimate of drug-likeness (QED) is 0.0169. The molecule has 0 saturated heterocycles. The number of hydrogen-bond acceptors (Lipinski definition) is 20. The molecule has 4 N–H and O–H groups in total. The fourth-order valence-electron chi connectivity index (χ4n) is 15.4. The molecule has 15 aromatic rings. The van der Waals surface area contributed by atoms with Crippen LogP contribution in [-0.4, -0.2) is 95.4 Å². The Bertz CT molecular complexity index is 6270. The Kier molecular flexibility index (Phi) is 20.0. The van der Waals surface area contributed by atoms with E-state index in [9.17, 15) is 51.9 Å². The largest absolute Gasteiger partial charge is 0.457 e.